The lowest BCUT2D eigenvalue weighted by Gasteiger charge is -2.22. The second kappa shape index (κ2) is 6.15. The van der Waals surface area contributed by atoms with Gasteiger partial charge in [0, 0.05) is 18.4 Å². The molecular formula is C15H21NO4S. The van der Waals surface area contributed by atoms with Crippen LogP contribution in [0.1, 0.15) is 41.6 Å². The lowest BCUT2D eigenvalue weighted by atomic mass is 10.0. The number of carbonyl (C=O) groups is 1. The average molecular weight is 311 g/mol. The first kappa shape index (κ1) is 16.0. The van der Waals surface area contributed by atoms with E-state index in [-0.39, 0.29) is 18.2 Å². The summed E-state index contributed by atoms with van der Waals surface area (Å²) in [7, 11) is -3.07. The molecule has 1 fully saturated rings. The molecule has 0 radical (unpaired) electrons. The molecule has 1 amide bonds. The maximum absolute atomic E-state index is 12.0. The Hall–Kier alpha value is -1.40. The van der Waals surface area contributed by atoms with Crippen LogP contribution in [0.25, 0.3) is 0 Å². The summed E-state index contributed by atoms with van der Waals surface area (Å²) in [5, 5.41) is 12.9. The first-order chi connectivity index (χ1) is 9.77. The first-order valence-corrected chi connectivity index (χ1v) is 9.11. The predicted octanol–water partition coefficient (Wildman–Crippen LogP) is 1.27. The van der Waals surface area contributed by atoms with E-state index in [4.69, 9.17) is 0 Å². The van der Waals surface area contributed by atoms with Crippen LogP contribution < -0.4 is 5.32 Å². The smallest absolute Gasteiger partial charge is 0.251 e. The standard InChI is InChI=1S/C15H21NO4S/c1-21(19,20)10-12-4-6-13(7-5-12)14(17)16-11-15(18)8-2-3-9-15/h4-7,18H,2-3,8-11H2,1H3,(H,16,17). The van der Waals surface area contributed by atoms with Crippen LogP contribution in [0.15, 0.2) is 24.3 Å². The van der Waals surface area contributed by atoms with E-state index in [0.29, 0.717) is 11.1 Å². The number of hydrogen-bond acceptors (Lipinski definition) is 4. The van der Waals surface area contributed by atoms with Crippen LogP contribution in [0.5, 0.6) is 0 Å². The number of amides is 1. The van der Waals surface area contributed by atoms with Crippen molar-refractivity contribution >= 4 is 15.7 Å². The van der Waals surface area contributed by atoms with Gasteiger partial charge in [0.2, 0.25) is 0 Å². The third kappa shape index (κ3) is 4.82. The zero-order valence-corrected chi connectivity index (χ0v) is 12.9. The van der Waals surface area contributed by atoms with Crippen LogP contribution in [0, 0.1) is 0 Å². The van der Waals surface area contributed by atoms with Crippen molar-refractivity contribution in [2.45, 2.75) is 37.0 Å². The van der Waals surface area contributed by atoms with Crippen LogP contribution in [0.2, 0.25) is 0 Å². The number of sulfone groups is 1. The maximum atomic E-state index is 12.0. The van der Waals surface area contributed by atoms with E-state index in [9.17, 15) is 18.3 Å². The number of benzene rings is 1. The van der Waals surface area contributed by atoms with Gasteiger partial charge in [0.25, 0.3) is 5.91 Å². The highest BCUT2D eigenvalue weighted by Gasteiger charge is 2.31. The van der Waals surface area contributed by atoms with Gasteiger partial charge in [-0.3, -0.25) is 4.79 Å². The minimum Gasteiger partial charge on any atom is -0.388 e. The topological polar surface area (TPSA) is 83.5 Å². The second-order valence-electron chi connectivity index (χ2n) is 5.88. The van der Waals surface area contributed by atoms with Gasteiger partial charge in [-0.1, -0.05) is 25.0 Å². The summed E-state index contributed by atoms with van der Waals surface area (Å²) < 4.78 is 22.4. The lowest BCUT2D eigenvalue weighted by Crippen LogP contribution is -2.40. The highest BCUT2D eigenvalue weighted by Crippen LogP contribution is 2.28. The fourth-order valence-electron chi connectivity index (χ4n) is 2.61. The summed E-state index contributed by atoms with van der Waals surface area (Å²) in [5.41, 5.74) is 0.351. The second-order valence-corrected chi connectivity index (χ2v) is 8.02. The van der Waals surface area contributed by atoms with Crippen molar-refractivity contribution in [3.63, 3.8) is 0 Å². The molecule has 5 nitrogen and oxygen atoms in total. The zero-order chi connectivity index (χ0) is 15.5. The van der Waals surface area contributed by atoms with Gasteiger partial charge in [-0.15, -0.1) is 0 Å². The Kier molecular flexibility index (Phi) is 4.68. The summed E-state index contributed by atoms with van der Waals surface area (Å²) in [6.45, 7) is 0.261. The molecule has 1 aromatic carbocycles. The van der Waals surface area contributed by atoms with Gasteiger partial charge >= 0.3 is 0 Å². The minimum atomic E-state index is -3.07. The van der Waals surface area contributed by atoms with E-state index in [2.05, 4.69) is 5.32 Å². The molecule has 0 saturated heterocycles. The van der Waals surface area contributed by atoms with E-state index >= 15 is 0 Å². The van der Waals surface area contributed by atoms with Gasteiger partial charge < -0.3 is 10.4 Å². The van der Waals surface area contributed by atoms with Gasteiger partial charge in [0.05, 0.1) is 11.4 Å². The molecule has 0 atom stereocenters. The zero-order valence-electron chi connectivity index (χ0n) is 12.1. The average Bonchev–Trinajstić information content (AvgIpc) is 2.82. The molecule has 1 aromatic rings. The maximum Gasteiger partial charge on any atom is 0.251 e. The molecule has 2 N–H and O–H groups in total. The van der Waals surface area contributed by atoms with Gasteiger partial charge in [-0.25, -0.2) is 8.42 Å². The van der Waals surface area contributed by atoms with Crippen LogP contribution in [-0.2, 0) is 15.6 Å². The number of rotatable bonds is 5. The van der Waals surface area contributed by atoms with E-state index in [1.165, 1.54) is 6.26 Å². The molecule has 0 aromatic heterocycles. The molecule has 0 unspecified atom stereocenters. The van der Waals surface area contributed by atoms with E-state index in [1.807, 2.05) is 0 Å². The Bertz CT molecular complexity index is 601. The fraction of sp³-hybridized carbons (Fsp3) is 0.533. The third-order valence-electron chi connectivity index (χ3n) is 3.76. The van der Waals surface area contributed by atoms with Crippen molar-refractivity contribution in [2.75, 3.05) is 12.8 Å². The molecule has 1 aliphatic carbocycles. The highest BCUT2D eigenvalue weighted by molar-refractivity contribution is 7.89. The molecule has 21 heavy (non-hydrogen) atoms. The largest absolute Gasteiger partial charge is 0.388 e. The fourth-order valence-corrected chi connectivity index (χ4v) is 3.41. The monoisotopic (exact) mass is 311 g/mol. The Balaban J connectivity index is 1.93. The van der Waals surface area contributed by atoms with E-state index in [1.54, 1.807) is 24.3 Å². The van der Waals surface area contributed by atoms with E-state index in [0.717, 1.165) is 25.7 Å². The van der Waals surface area contributed by atoms with Crippen molar-refractivity contribution in [3.8, 4) is 0 Å². The molecule has 0 heterocycles. The number of aliphatic hydroxyl groups is 1. The molecule has 1 aliphatic rings. The Morgan fingerprint density at radius 2 is 1.81 bits per heavy atom. The molecule has 0 spiro atoms. The highest BCUT2D eigenvalue weighted by atomic mass is 32.2. The van der Waals surface area contributed by atoms with Crippen molar-refractivity contribution in [1.29, 1.82) is 0 Å². The van der Waals surface area contributed by atoms with Crippen molar-refractivity contribution in [2.24, 2.45) is 0 Å². The van der Waals surface area contributed by atoms with E-state index < -0.39 is 15.4 Å². The Labute approximate surface area is 125 Å². The number of hydrogen-bond donors (Lipinski definition) is 2. The lowest BCUT2D eigenvalue weighted by molar-refractivity contribution is 0.0449. The van der Waals surface area contributed by atoms with Gasteiger partial charge in [-0.05, 0) is 30.5 Å². The van der Waals surface area contributed by atoms with Crippen LogP contribution in [0.4, 0.5) is 0 Å². The molecule has 1 saturated carbocycles. The molecular weight excluding hydrogens is 290 g/mol. The molecule has 6 heteroatoms. The summed E-state index contributed by atoms with van der Waals surface area (Å²) in [6, 6.07) is 6.49. The number of carbonyl (C=O) groups excluding carboxylic acids is 1. The quantitative estimate of drug-likeness (QED) is 0.857. The summed E-state index contributed by atoms with van der Waals surface area (Å²) in [4.78, 5) is 12.0. The molecule has 0 bridgehead atoms. The normalized spacial score (nSPS) is 17.6. The summed E-state index contributed by atoms with van der Waals surface area (Å²) in [5.74, 6) is -0.282. The molecule has 116 valence electrons. The minimum absolute atomic E-state index is 0.0331. The molecule has 2 rings (SSSR count). The molecule has 0 aliphatic heterocycles. The first-order valence-electron chi connectivity index (χ1n) is 7.05. The summed E-state index contributed by atoms with van der Waals surface area (Å²) in [6.07, 6.45) is 4.61. The van der Waals surface area contributed by atoms with Crippen molar-refractivity contribution < 1.29 is 18.3 Å². The SMILES string of the molecule is CS(=O)(=O)Cc1ccc(C(=O)NCC2(O)CCCC2)cc1. The predicted molar refractivity (Wildman–Crippen MR) is 80.7 cm³/mol. The summed E-state index contributed by atoms with van der Waals surface area (Å²) >= 11 is 0. The van der Waals surface area contributed by atoms with Crippen LogP contribution >= 0.6 is 0 Å². The van der Waals surface area contributed by atoms with Gasteiger partial charge in [-0.2, -0.15) is 0 Å². The Morgan fingerprint density at radius 3 is 2.33 bits per heavy atom. The van der Waals surface area contributed by atoms with Gasteiger partial charge in [0.1, 0.15) is 0 Å². The van der Waals surface area contributed by atoms with Crippen LogP contribution in [0.3, 0.4) is 0 Å². The van der Waals surface area contributed by atoms with Gasteiger partial charge in [0.15, 0.2) is 9.84 Å². The third-order valence-corrected chi connectivity index (χ3v) is 4.61. The van der Waals surface area contributed by atoms with Crippen molar-refractivity contribution in [1.82, 2.24) is 5.32 Å². The number of nitrogens with one attached hydrogen (secondary N) is 1. The van der Waals surface area contributed by atoms with Crippen LogP contribution in [-0.4, -0.2) is 37.8 Å². The van der Waals surface area contributed by atoms with Crippen molar-refractivity contribution in [3.05, 3.63) is 35.4 Å². The Morgan fingerprint density at radius 1 is 1.24 bits per heavy atom.